The molecule has 8 heteroatoms. The predicted molar refractivity (Wildman–Crippen MR) is 62.8 cm³/mol. The summed E-state index contributed by atoms with van der Waals surface area (Å²) in [6.07, 6.45) is 0. The highest BCUT2D eigenvalue weighted by atomic mass is 32.2. The van der Waals surface area contributed by atoms with Crippen molar-refractivity contribution in [3.05, 3.63) is 0 Å². The Morgan fingerprint density at radius 2 is 2.07 bits per heavy atom. The van der Waals surface area contributed by atoms with Crippen LogP contribution in [0.15, 0.2) is 0 Å². The zero-order valence-electron chi connectivity index (χ0n) is 9.03. The lowest BCUT2D eigenvalue weighted by Gasteiger charge is -2.24. The smallest absolute Gasteiger partial charge is 0.277 e. The number of ether oxygens (including phenoxy) is 1. The molecule has 0 rings (SSSR count). The summed E-state index contributed by atoms with van der Waals surface area (Å²) in [5.41, 5.74) is 4.43. The Kier molecular flexibility index (Phi) is 5.60. The van der Waals surface area contributed by atoms with E-state index in [4.69, 9.17) is 22.7 Å². The van der Waals surface area contributed by atoms with Gasteiger partial charge in [-0.05, 0) is 13.8 Å². The molecule has 0 aliphatic heterocycles. The first-order valence-corrected chi connectivity index (χ1v) is 6.18. The van der Waals surface area contributed by atoms with E-state index < -0.39 is 15.7 Å². The van der Waals surface area contributed by atoms with Crippen molar-refractivity contribution in [1.29, 1.82) is 0 Å². The molecule has 90 valence electrons. The third kappa shape index (κ3) is 6.00. The van der Waals surface area contributed by atoms with E-state index in [9.17, 15) is 8.42 Å². The van der Waals surface area contributed by atoms with Gasteiger partial charge in [-0.25, -0.2) is 0 Å². The van der Waals surface area contributed by atoms with Gasteiger partial charge in [-0.15, -0.1) is 0 Å². The van der Waals surface area contributed by atoms with E-state index in [1.54, 1.807) is 13.8 Å². The molecular weight excluding hydrogens is 238 g/mol. The average molecular weight is 255 g/mol. The van der Waals surface area contributed by atoms with E-state index in [-0.39, 0.29) is 11.5 Å². The summed E-state index contributed by atoms with van der Waals surface area (Å²) >= 11 is 4.73. The third-order valence-electron chi connectivity index (χ3n) is 1.60. The van der Waals surface area contributed by atoms with Crippen LogP contribution in [-0.4, -0.2) is 39.2 Å². The summed E-state index contributed by atoms with van der Waals surface area (Å²) in [5.74, 6) is 0. The van der Waals surface area contributed by atoms with Gasteiger partial charge in [-0.3, -0.25) is 0 Å². The molecule has 0 radical (unpaired) electrons. The summed E-state index contributed by atoms with van der Waals surface area (Å²) < 4.78 is 32.2. The third-order valence-corrected chi connectivity index (χ3v) is 3.48. The van der Waals surface area contributed by atoms with Gasteiger partial charge in [0.2, 0.25) is 0 Å². The molecule has 0 aromatic heterocycles. The lowest BCUT2D eigenvalue weighted by atomic mass is 10.1. The Hall–Kier alpha value is -0.280. The largest absolute Gasteiger partial charge is 0.392 e. The fraction of sp³-hybridized carbons (Fsp3) is 0.857. The number of rotatable bonds is 7. The minimum absolute atomic E-state index is 0.0830. The molecule has 0 bridgehead atoms. The lowest BCUT2D eigenvalue weighted by Crippen LogP contribution is -2.55. The van der Waals surface area contributed by atoms with Crippen LogP contribution < -0.4 is 15.2 Å². The van der Waals surface area contributed by atoms with Crippen molar-refractivity contribution >= 4 is 27.4 Å². The van der Waals surface area contributed by atoms with Crippen molar-refractivity contribution in [2.75, 3.05) is 20.3 Å². The van der Waals surface area contributed by atoms with E-state index in [2.05, 4.69) is 9.44 Å². The summed E-state index contributed by atoms with van der Waals surface area (Å²) in [6, 6.07) is 0. The Bertz CT molecular complexity index is 313. The van der Waals surface area contributed by atoms with Crippen molar-refractivity contribution in [3.63, 3.8) is 0 Å². The van der Waals surface area contributed by atoms with Crippen LogP contribution in [0.1, 0.15) is 13.8 Å². The molecule has 0 aliphatic carbocycles. The summed E-state index contributed by atoms with van der Waals surface area (Å²) in [7, 11) is -2.12. The second kappa shape index (κ2) is 5.71. The van der Waals surface area contributed by atoms with E-state index in [0.29, 0.717) is 6.61 Å². The molecule has 0 spiro atoms. The summed E-state index contributed by atoms with van der Waals surface area (Å²) in [5, 5.41) is 0. The van der Waals surface area contributed by atoms with Gasteiger partial charge in [0.05, 0.1) is 17.1 Å². The molecule has 15 heavy (non-hydrogen) atoms. The number of nitrogens with one attached hydrogen (secondary N) is 2. The van der Waals surface area contributed by atoms with Crippen LogP contribution >= 0.6 is 12.2 Å². The van der Waals surface area contributed by atoms with Gasteiger partial charge in [0.1, 0.15) is 0 Å². The Morgan fingerprint density at radius 1 is 1.53 bits per heavy atom. The van der Waals surface area contributed by atoms with Gasteiger partial charge in [0, 0.05) is 13.7 Å². The summed E-state index contributed by atoms with van der Waals surface area (Å²) in [6.45, 7) is 3.67. The molecule has 6 nitrogen and oxygen atoms in total. The first-order valence-electron chi connectivity index (χ1n) is 4.28. The SMILES string of the molecule is COCCNS(=O)(=O)NC(C)(C)C(N)=S. The van der Waals surface area contributed by atoms with Crippen molar-refractivity contribution in [1.82, 2.24) is 9.44 Å². The van der Waals surface area contributed by atoms with E-state index >= 15 is 0 Å². The van der Waals surface area contributed by atoms with Crippen LogP contribution in [0, 0.1) is 0 Å². The van der Waals surface area contributed by atoms with Crippen molar-refractivity contribution < 1.29 is 13.2 Å². The topological polar surface area (TPSA) is 93.4 Å². The van der Waals surface area contributed by atoms with Crippen LogP contribution in [0.5, 0.6) is 0 Å². The molecule has 0 aromatic rings. The zero-order valence-corrected chi connectivity index (χ0v) is 10.7. The highest BCUT2D eigenvalue weighted by molar-refractivity contribution is 7.87. The van der Waals surface area contributed by atoms with Gasteiger partial charge in [0.15, 0.2) is 0 Å². The number of hydrogen-bond acceptors (Lipinski definition) is 4. The fourth-order valence-corrected chi connectivity index (χ4v) is 2.02. The Balaban J connectivity index is 4.32. The first-order chi connectivity index (χ1) is 6.71. The monoisotopic (exact) mass is 255 g/mol. The molecule has 0 heterocycles. The second-order valence-corrected chi connectivity index (χ2v) is 5.42. The van der Waals surface area contributed by atoms with Gasteiger partial charge in [-0.1, -0.05) is 12.2 Å². The van der Waals surface area contributed by atoms with Crippen molar-refractivity contribution in [2.24, 2.45) is 5.73 Å². The minimum atomic E-state index is -3.60. The van der Waals surface area contributed by atoms with Crippen LogP contribution in [0.4, 0.5) is 0 Å². The maximum atomic E-state index is 11.4. The van der Waals surface area contributed by atoms with E-state index in [1.165, 1.54) is 7.11 Å². The van der Waals surface area contributed by atoms with Gasteiger partial charge < -0.3 is 10.5 Å². The second-order valence-electron chi connectivity index (χ2n) is 3.48. The number of thiocarbonyl (C=S) groups is 1. The van der Waals surface area contributed by atoms with Crippen LogP contribution in [0.2, 0.25) is 0 Å². The maximum absolute atomic E-state index is 11.4. The van der Waals surface area contributed by atoms with Crippen molar-refractivity contribution in [2.45, 2.75) is 19.4 Å². The minimum Gasteiger partial charge on any atom is -0.392 e. The fourth-order valence-electron chi connectivity index (χ4n) is 0.700. The van der Waals surface area contributed by atoms with E-state index in [0.717, 1.165) is 0 Å². The normalized spacial score (nSPS) is 12.7. The van der Waals surface area contributed by atoms with Crippen molar-refractivity contribution in [3.8, 4) is 0 Å². The average Bonchev–Trinajstić information content (AvgIpc) is 2.01. The Labute approximate surface area is 95.7 Å². The van der Waals surface area contributed by atoms with E-state index in [1.807, 2.05) is 0 Å². The molecule has 0 unspecified atom stereocenters. The molecule has 0 saturated heterocycles. The maximum Gasteiger partial charge on any atom is 0.277 e. The molecular formula is C7H17N3O3S2. The van der Waals surface area contributed by atoms with Gasteiger partial charge in [0.25, 0.3) is 10.2 Å². The van der Waals surface area contributed by atoms with Gasteiger partial charge in [-0.2, -0.15) is 17.9 Å². The molecule has 0 atom stereocenters. The van der Waals surface area contributed by atoms with Crippen LogP contribution in [0.25, 0.3) is 0 Å². The number of hydrogen-bond donors (Lipinski definition) is 3. The molecule has 0 amide bonds. The lowest BCUT2D eigenvalue weighted by molar-refractivity contribution is 0.204. The Morgan fingerprint density at radius 3 is 2.47 bits per heavy atom. The number of nitrogens with two attached hydrogens (primary N) is 1. The molecule has 0 fully saturated rings. The highest BCUT2D eigenvalue weighted by Gasteiger charge is 2.27. The van der Waals surface area contributed by atoms with Crippen LogP contribution in [-0.2, 0) is 14.9 Å². The first kappa shape index (κ1) is 14.7. The molecule has 4 N–H and O–H groups in total. The van der Waals surface area contributed by atoms with Gasteiger partial charge >= 0.3 is 0 Å². The highest BCUT2D eigenvalue weighted by Crippen LogP contribution is 2.03. The zero-order chi connectivity index (χ0) is 12.1. The molecule has 0 saturated carbocycles. The standard InChI is InChI=1S/C7H17N3O3S2/c1-7(2,6(8)14)10-15(11,12)9-4-5-13-3/h9-10H,4-5H2,1-3H3,(H2,8,14). The quantitative estimate of drug-likeness (QED) is 0.406. The summed E-state index contributed by atoms with van der Waals surface area (Å²) in [4.78, 5) is 0.0830. The molecule has 0 aromatic carbocycles. The predicted octanol–water partition coefficient (Wildman–Crippen LogP) is -0.878. The molecule has 0 aliphatic rings. The van der Waals surface area contributed by atoms with Crippen LogP contribution in [0.3, 0.4) is 0 Å². The number of methoxy groups -OCH3 is 1.